The first-order chi connectivity index (χ1) is 17.0. The fourth-order valence-electron chi connectivity index (χ4n) is 5.87. The van der Waals surface area contributed by atoms with Crippen molar-refractivity contribution in [2.24, 2.45) is 0 Å². The van der Waals surface area contributed by atoms with E-state index in [-0.39, 0.29) is 17.7 Å². The topological polar surface area (TPSA) is 88.9 Å². The van der Waals surface area contributed by atoms with Crippen LogP contribution in [0.1, 0.15) is 92.9 Å². The van der Waals surface area contributed by atoms with Crippen LogP contribution in [0.2, 0.25) is 0 Å². The van der Waals surface area contributed by atoms with Crippen LogP contribution in [0.25, 0.3) is 10.9 Å². The molecule has 35 heavy (non-hydrogen) atoms. The van der Waals surface area contributed by atoms with Crippen LogP contribution in [0.4, 0.5) is 0 Å². The van der Waals surface area contributed by atoms with Gasteiger partial charge in [-0.15, -0.1) is 5.10 Å². The summed E-state index contributed by atoms with van der Waals surface area (Å²) in [7, 11) is 0. The van der Waals surface area contributed by atoms with E-state index in [1.165, 1.54) is 24.8 Å². The van der Waals surface area contributed by atoms with E-state index in [2.05, 4.69) is 69.1 Å². The van der Waals surface area contributed by atoms with Gasteiger partial charge in [-0.3, -0.25) is 9.69 Å². The molecule has 5 rings (SSSR count). The van der Waals surface area contributed by atoms with Gasteiger partial charge in [-0.25, -0.2) is 4.68 Å². The Morgan fingerprint density at radius 1 is 1.17 bits per heavy atom. The Balaban J connectivity index is 1.49. The summed E-state index contributed by atoms with van der Waals surface area (Å²) < 4.78 is 8.10. The second kappa shape index (κ2) is 10.6. The van der Waals surface area contributed by atoms with Crippen molar-refractivity contribution in [1.29, 1.82) is 0 Å². The highest BCUT2D eigenvalue weighted by atomic mass is 16.5. The Morgan fingerprint density at radius 3 is 2.74 bits per heavy atom. The van der Waals surface area contributed by atoms with Gasteiger partial charge in [0, 0.05) is 25.3 Å². The van der Waals surface area contributed by atoms with Crippen molar-refractivity contribution in [1.82, 2.24) is 30.1 Å². The van der Waals surface area contributed by atoms with E-state index in [0.717, 1.165) is 73.1 Å². The lowest BCUT2D eigenvalue weighted by Crippen LogP contribution is -2.38. The fraction of sp³-hybridized carbons (Fsp3) is 0.630. The minimum absolute atomic E-state index is 0.0194. The molecule has 1 aliphatic carbocycles. The van der Waals surface area contributed by atoms with E-state index in [0.29, 0.717) is 12.6 Å². The summed E-state index contributed by atoms with van der Waals surface area (Å²) in [4.78, 5) is 18.8. The number of ether oxygens (including phenoxy) is 1. The number of hydrogen-bond donors (Lipinski definition) is 1. The smallest absolute Gasteiger partial charge is 0.252 e. The van der Waals surface area contributed by atoms with Crippen LogP contribution >= 0.6 is 0 Å². The Morgan fingerprint density at radius 2 is 2.00 bits per heavy atom. The van der Waals surface area contributed by atoms with Crippen molar-refractivity contribution >= 4 is 10.9 Å². The molecule has 3 heterocycles. The largest absolute Gasteiger partial charge is 0.377 e. The number of fused-ring (bicyclic) bond motifs is 1. The molecule has 1 aromatic carbocycles. The number of benzene rings is 1. The second-order valence-electron chi connectivity index (χ2n) is 10.4. The lowest BCUT2D eigenvalue weighted by atomic mass is 9.95. The van der Waals surface area contributed by atoms with Crippen LogP contribution in [-0.2, 0) is 11.3 Å². The molecule has 2 fully saturated rings. The molecule has 0 amide bonds. The van der Waals surface area contributed by atoms with Crippen LogP contribution in [0.3, 0.4) is 0 Å². The number of aryl methyl sites for hydroxylation is 2. The van der Waals surface area contributed by atoms with E-state index >= 15 is 0 Å². The zero-order valence-corrected chi connectivity index (χ0v) is 21.3. The first-order valence-corrected chi connectivity index (χ1v) is 13.3. The maximum atomic E-state index is 13.2. The standard InChI is InChI=1S/C27H38N6O2/c1-4-24(26-29-30-31-33(26)22-9-6-5-7-10-22)32(17-23-11-8-14-35-23)16-21-15-20-13-12-18(2)19(3)25(20)28-27(21)34/h12-13,15,22-24H,4-11,14,16-17H2,1-3H3,(H,28,34)/t23-,24+/m0/s1. The molecule has 0 unspecified atom stereocenters. The predicted molar refractivity (Wildman–Crippen MR) is 136 cm³/mol. The van der Waals surface area contributed by atoms with Gasteiger partial charge in [0.15, 0.2) is 5.82 Å². The zero-order valence-electron chi connectivity index (χ0n) is 21.3. The molecule has 2 atom stereocenters. The average Bonchev–Trinajstić information content (AvgIpc) is 3.56. The number of hydrogen-bond acceptors (Lipinski definition) is 6. The van der Waals surface area contributed by atoms with Crippen molar-refractivity contribution in [3.8, 4) is 0 Å². The lowest BCUT2D eigenvalue weighted by Gasteiger charge is -2.33. The predicted octanol–water partition coefficient (Wildman–Crippen LogP) is 4.77. The van der Waals surface area contributed by atoms with Crippen molar-refractivity contribution in [3.63, 3.8) is 0 Å². The summed E-state index contributed by atoms with van der Waals surface area (Å²) in [5.41, 5.74) is 3.99. The van der Waals surface area contributed by atoms with Gasteiger partial charge in [0.1, 0.15) is 0 Å². The zero-order chi connectivity index (χ0) is 24.4. The third-order valence-corrected chi connectivity index (χ3v) is 8.03. The summed E-state index contributed by atoms with van der Waals surface area (Å²) in [5, 5.41) is 14.1. The highest BCUT2D eigenvalue weighted by Crippen LogP contribution is 2.33. The maximum absolute atomic E-state index is 13.2. The first kappa shape index (κ1) is 24.1. The summed E-state index contributed by atoms with van der Waals surface area (Å²) in [6, 6.07) is 6.66. The summed E-state index contributed by atoms with van der Waals surface area (Å²) in [6.45, 7) is 8.44. The monoisotopic (exact) mass is 478 g/mol. The van der Waals surface area contributed by atoms with Gasteiger partial charge in [0.25, 0.3) is 5.56 Å². The number of tetrazole rings is 1. The molecular weight excluding hydrogens is 440 g/mol. The van der Waals surface area contributed by atoms with E-state index in [1.54, 1.807) is 0 Å². The van der Waals surface area contributed by atoms with Gasteiger partial charge in [-0.2, -0.15) is 0 Å². The molecule has 1 N–H and O–H groups in total. The van der Waals surface area contributed by atoms with Crippen LogP contribution in [0.15, 0.2) is 23.0 Å². The average molecular weight is 479 g/mol. The molecule has 188 valence electrons. The van der Waals surface area contributed by atoms with Crippen molar-refractivity contribution in [3.05, 3.63) is 51.1 Å². The lowest BCUT2D eigenvalue weighted by molar-refractivity contribution is 0.0481. The van der Waals surface area contributed by atoms with Crippen molar-refractivity contribution in [2.75, 3.05) is 13.2 Å². The van der Waals surface area contributed by atoms with Gasteiger partial charge in [0.05, 0.1) is 23.7 Å². The van der Waals surface area contributed by atoms with Crippen molar-refractivity contribution in [2.45, 2.75) is 96.9 Å². The van der Waals surface area contributed by atoms with Gasteiger partial charge in [-0.1, -0.05) is 38.3 Å². The third kappa shape index (κ3) is 5.05. The summed E-state index contributed by atoms with van der Waals surface area (Å²) in [6.07, 6.45) is 9.18. The molecule has 1 saturated carbocycles. The first-order valence-electron chi connectivity index (χ1n) is 13.3. The minimum atomic E-state index is -0.0229. The highest BCUT2D eigenvalue weighted by Gasteiger charge is 2.31. The Kier molecular flexibility index (Phi) is 7.29. The minimum Gasteiger partial charge on any atom is -0.377 e. The molecule has 8 heteroatoms. The number of aromatic amines is 1. The second-order valence-corrected chi connectivity index (χ2v) is 10.4. The summed E-state index contributed by atoms with van der Waals surface area (Å²) >= 11 is 0. The fourth-order valence-corrected chi connectivity index (χ4v) is 5.87. The molecule has 2 aromatic heterocycles. The maximum Gasteiger partial charge on any atom is 0.252 e. The van der Waals surface area contributed by atoms with Crippen LogP contribution in [-0.4, -0.2) is 49.3 Å². The summed E-state index contributed by atoms with van der Waals surface area (Å²) in [5.74, 6) is 0.918. The third-order valence-electron chi connectivity index (χ3n) is 8.03. The number of pyridine rings is 1. The Bertz CT molecular complexity index is 1210. The molecule has 1 saturated heterocycles. The molecule has 0 spiro atoms. The molecule has 3 aromatic rings. The normalized spacial score (nSPS) is 20.2. The van der Waals surface area contributed by atoms with E-state index < -0.39 is 0 Å². The molecule has 8 nitrogen and oxygen atoms in total. The number of nitrogens with one attached hydrogen (secondary N) is 1. The van der Waals surface area contributed by atoms with Crippen LogP contribution in [0, 0.1) is 13.8 Å². The van der Waals surface area contributed by atoms with Crippen LogP contribution in [0.5, 0.6) is 0 Å². The molecule has 1 aliphatic heterocycles. The quantitative estimate of drug-likeness (QED) is 0.502. The Hall–Kier alpha value is -2.58. The molecule has 2 aliphatic rings. The Labute approximate surface area is 207 Å². The number of nitrogens with zero attached hydrogens (tertiary/aromatic N) is 5. The van der Waals surface area contributed by atoms with Gasteiger partial charge < -0.3 is 9.72 Å². The molecular formula is C27H38N6O2. The van der Waals surface area contributed by atoms with E-state index in [9.17, 15) is 4.79 Å². The van der Waals surface area contributed by atoms with Gasteiger partial charge in [0.2, 0.25) is 0 Å². The molecule has 0 bridgehead atoms. The van der Waals surface area contributed by atoms with Gasteiger partial charge in [-0.05, 0) is 79.0 Å². The van der Waals surface area contributed by atoms with Crippen LogP contribution < -0.4 is 5.56 Å². The highest BCUT2D eigenvalue weighted by molar-refractivity contribution is 5.83. The SMILES string of the molecule is CC[C@H](c1nnnn1C1CCCCC1)N(Cc1cc2ccc(C)c(C)c2[nH]c1=O)C[C@@H]1CCCO1. The number of aromatic nitrogens is 5. The van der Waals surface area contributed by atoms with E-state index in [1.807, 2.05) is 0 Å². The van der Waals surface area contributed by atoms with E-state index in [4.69, 9.17) is 4.74 Å². The van der Waals surface area contributed by atoms with Crippen molar-refractivity contribution < 1.29 is 4.74 Å². The number of rotatable bonds is 8. The molecule has 0 radical (unpaired) electrons. The van der Waals surface area contributed by atoms with Gasteiger partial charge >= 0.3 is 0 Å². The number of H-pyrrole nitrogens is 1.